The SMILES string of the molecule is O=C(CC1CCCCC1)N1CCCC1Cn1cccn1. The Morgan fingerprint density at radius 2 is 2.00 bits per heavy atom. The van der Waals surface area contributed by atoms with Crippen LogP contribution in [0.15, 0.2) is 18.5 Å². The summed E-state index contributed by atoms with van der Waals surface area (Å²) in [6.45, 7) is 1.79. The van der Waals surface area contributed by atoms with Crippen LogP contribution in [0.2, 0.25) is 0 Å². The Hall–Kier alpha value is -1.32. The van der Waals surface area contributed by atoms with Gasteiger partial charge < -0.3 is 4.90 Å². The topological polar surface area (TPSA) is 38.1 Å². The van der Waals surface area contributed by atoms with Crippen LogP contribution in [0.3, 0.4) is 0 Å². The van der Waals surface area contributed by atoms with E-state index in [1.165, 1.54) is 32.1 Å². The summed E-state index contributed by atoms with van der Waals surface area (Å²) >= 11 is 0. The molecule has 4 heteroatoms. The van der Waals surface area contributed by atoms with E-state index in [0.29, 0.717) is 17.9 Å². The van der Waals surface area contributed by atoms with Crippen molar-refractivity contribution in [2.45, 2.75) is 64.0 Å². The molecule has 0 N–H and O–H groups in total. The van der Waals surface area contributed by atoms with Crippen LogP contribution in [0.1, 0.15) is 51.4 Å². The van der Waals surface area contributed by atoms with Gasteiger partial charge in [-0.1, -0.05) is 19.3 Å². The number of likely N-dealkylation sites (tertiary alicyclic amines) is 1. The first-order valence-corrected chi connectivity index (χ1v) is 8.10. The highest BCUT2D eigenvalue weighted by Crippen LogP contribution is 2.28. The van der Waals surface area contributed by atoms with Crippen molar-refractivity contribution >= 4 is 5.91 Å². The molecule has 1 aliphatic heterocycles. The molecule has 20 heavy (non-hydrogen) atoms. The normalized spacial score (nSPS) is 24.2. The van der Waals surface area contributed by atoms with E-state index in [1.807, 2.05) is 23.1 Å². The molecule has 0 spiro atoms. The Morgan fingerprint density at radius 3 is 2.75 bits per heavy atom. The summed E-state index contributed by atoms with van der Waals surface area (Å²) in [5.41, 5.74) is 0. The lowest BCUT2D eigenvalue weighted by Crippen LogP contribution is -2.39. The van der Waals surface area contributed by atoms with Gasteiger partial charge in [0.05, 0.1) is 12.6 Å². The zero-order valence-corrected chi connectivity index (χ0v) is 12.2. The summed E-state index contributed by atoms with van der Waals surface area (Å²) in [6, 6.07) is 2.30. The first-order valence-electron chi connectivity index (χ1n) is 8.10. The van der Waals surface area contributed by atoms with Crippen LogP contribution in [-0.2, 0) is 11.3 Å². The summed E-state index contributed by atoms with van der Waals surface area (Å²) in [5.74, 6) is 1.02. The van der Waals surface area contributed by atoms with Crippen LogP contribution in [0.4, 0.5) is 0 Å². The van der Waals surface area contributed by atoms with Crippen LogP contribution in [0, 0.1) is 5.92 Å². The minimum Gasteiger partial charge on any atom is -0.338 e. The molecule has 4 nitrogen and oxygen atoms in total. The number of rotatable bonds is 4. The smallest absolute Gasteiger partial charge is 0.223 e. The van der Waals surface area contributed by atoms with Crippen molar-refractivity contribution in [2.24, 2.45) is 5.92 Å². The van der Waals surface area contributed by atoms with Crippen LogP contribution in [-0.4, -0.2) is 33.2 Å². The van der Waals surface area contributed by atoms with Crippen LogP contribution >= 0.6 is 0 Å². The van der Waals surface area contributed by atoms with E-state index < -0.39 is 0 Å². The minimum absolute atomic E-state index is 0.353. The highest BCUT2D eigenvalue weighted by Gasteiger charge is 2.30. The summed E-state index contributed by atoms with van der Waals surface area (Å²) in [7, 11) is 0. The molecule has 0 radical (unpaired) electrons. The van der Waals surface area contributed by atoms with Gasteiger partial charge in [0.25, 0.3) is 0 Å². The summed E-state index contributed by atoms with van der Waals surface area (Å²) < 4.78 is 1.96. The maximum absolute atomic E-state index is 12.5. The Kier molecular flexibility index (Phi) is 4.38. The first-order chi connectivity index (χ1) is 9.83. The third-order valence-corrected chi connectivity index (χ3v) is 4.84. The van der Waals surface area contributed by atoms with Crippen LogP contribution < -0.4 is 0 Å². The average Bonchev–Trinajstić information content (AvgIpc) is 3.12. The number of aromatic nitrogens is 2. The fourth-order valence-corrected chi connectivity index (χ4v) is 3.73. The van der Waals surface area contributed by atoms with Gasteiger partial charge in [-0.2, -0.15) is 5.10 Å². The average molecular weight is 275 g/mol. The van der Waals surface area contributed by atoms with Gasteiger partial charge in [0.1, 0.15) is 0 Å². The Balaban J connectivity index is 1.55. The number of carbonyl (C=O) groups excluding carboxylic acids is 1. The molecule has 1 aliphatic carbocycles. The Labute approximate surface area is 121 Å². The second-order valence-electron chi connectivity index (χ2n) is 6.32. The monoisotopic (exact) mass is 275 g/mol. The molecule has 2 heterocycles. The van der Waals surface area contributed by atoms with Gasteiger partial charge in [0, 0.05) is 25.4 Å². The molecule has 0 bridgehead atoms. The number of amides is 1. The van der Waals surface area contributed by atoms with E-state index >= 15 is 0 Å². The largest absolute Gasteiger partial charge is 0.338 e. The third kappa shape index (κ3) is 3.22. The van der Waals surface area contributed by atoms with E-state index in [9.17, 15) is 4.79 Å². The predicted octanol–water partition coefficient (Wildman–Crippen LogP) is 2.84. The molecule has 1 atom stereocenters. The molecule has 1 unspecified atom stereocenters. The highest BCUT2D eigenvalue weighted by atomic mass is 16.2. The van der Waals surface area contributed by atoms with Gasteiger partial charge in [-0.05, 0) is 37.7 Å². The number of hydrogen-bond acceptors (Lipinski definition) is 2. The van der Waals surface area contributed by atoms with Crippen molar-refractivity contribution in [3.8, 4) is 0 Å². The fraction of sp³-hybridized carbons (Fsp3) is 0.750. The van der Waals surface area contributed by atoms with Crippen molar-refractivity contribution < 1.29 is 4.79 Å². The van der Waals surface area contributed by atoms with Gasteiger partial charge in [0.15, 0.2) is 0 Å². The lowest BCUT2D eigenvalue weighted by atomic mass is 9.86. The maximum atomic E-state index is 12.5. The van der Waals surface area contributed by atoms with E-state index in [2.05, 4.69) is 10.00 Å². The Bertz CT molecular complexity index is 423. The molecule has 2 aliphatic rings. The molecule has 1 amide bonds. The lowest BCUT2D eigenvalue weighted by Gasteiger charge is -2.28. The van der Waals surface area contributed by atoms with Gasteiger partial charge in [-0.15, -0.1) is 0 Å². The second kappa shape index (κ2) is 6.42. The Morgan fingerprint density at radius 1 is 1.15 bits per heavy atom. The molecular formula is C16H25N3O. The zero-order valence-electron chi connectivity index (χ0n) is 12.2. The number of nitrogens with zero attached hydrogens (tertiary/aromatic N) is 3. The molecule has 1 saturated carbocycles. The third-order valence-electron chi connectivity index (χ3n) is 4.84. The summed E-state index contributed by atoms with van der Waals surface area (Å²) in [5, 5.41) is 4.27. The summed E-state index contributed by atoms with van der Waals surface area (Å²) in [4.78, 5) is 14.7. The fourth-order valence-electron chi connectivity index (χ4n) is 3.73. The lowest BCUT2D eigenvalue weighted by molar-refractivity contribution is -0.133. The highest BCUT2D eigenvalue weighted by molar-refractivity contribution is 5.77. The molecule has 0 aromatic carbocycles. The summed E-state index contributed by atoms with van der Waals surface area (Å²) in [6.07, 6.45) is 13.3. The van der Waals surface area contributed by atoms with Gasteiger partial charge >= 0.3 is 0 Å². The number of carbonyl (C=O) groups is 1. The van der Waals surface area contributed by atoms with Gasteiger partial charge in [-0.3, -0.25) is 9.48 Å². The molecule has 2 fully saturated rings. The van der Waals surface area contributed by atoms with Crippen LogP contribution in [0.25, 0.3) is 0 Å². The minimum atomic E-state index is 0.353. The number of hydrogen-bond donors (Lipinski definition) is 0. The zero-order chi connectivity index (χ0) is 13.8. The first kappa shape index (κ1) is 13.7. The molecule has 1 saturated heterocycles. The quantitative estimate of drug-likeness (QED) is 0.847. The predicted molar refractivity (Wildman–Crippen MR) is 78.2 cm³/mol. The molecule has 1 aromatic heterocycles. The van der Waals surface area contributed by atoms with Crippen LogP contribution in [0.5, 0.6) is 0 Å². The van der Waals surface area contributed by atoms with E-state index in [0.717, 1.165) is 32.4 Å². The van der Waals surface area contributed by atoms with E-state index in [4.69, 9.17) is 0 Å². The van der Waals surface area contributed by atoms with Crippen molar-refractivity contribution in [3.63, 3.8) is 0 Å². The molecule has 1 aromatic rings. The van der Waals surface area contributed by atoms with Crippen molar-refractivity contribution in [1.82, 2.24) is 14.7 Å². The molecular weight excluding hydrogens is 250 g/mol. The van der Waals surface area contributed by atoms with E-state index in [-0.39, 0.29) is 0 Å². The van der Waals surface area contributed by atoms with Gasteiger partial charge in [0.2, 0.25) is 5.91 Å². The van der Waals surface area contributed by atoms with Crippen molar-refractivity contribution in [2.75, 3.05) is 6.54 Å². The molecule has 3 rings (SSSR count). The maximum Gasteiger partial charge on any atom is 0.223 e. The van der Waals surface area contributed by atoms with Gasteiger partial charge in [-0.25, -0.2) is 0 Å². The standard InChI is InChI=1S/C16H25N3O/c20-16(12-14-6-2-1-3-7-14)19-11-4-8-15(19)13-18-10-5-9-17-18/h5,9-10,14-15H,1-4,6-8,11-13H2. The second-order valence-corrected chi connectivity index (χ2v) is 6.32. The van der Waals surface area contributed by atoms with Crippen molar-refractivity contribution in [1.29, 1.82) is 0 Å². The van der Waals surface area contributed by atoms with Crippen molar-refractivity contribution in [3.05, 3.63) is 18.5 Å². The van der Waals surface area contributed by atoms with E-state index in [1.54, 1.807) is 0 Å². The molecule has 110 valence electrons.